The van der Waals surface area contributed by atoms with Crippen LogP contribution >= 0.6 is 0 Å². The monoisotopic (exact) mass is 246 g/mol. The number of carbonyl (C=O) groups is 2. The molecule has 0 bridgehead atoms. The van der Waals surface area contributed by atoms with Gasteiger partial charge in [0.15, 0.2) is 0 Å². The maximum Gasteiger partial charge on any atom is 0.253 e. The lowest BCUT2D eigenvalue weighted by Crippen LogP contribution is -2.27. The van der Waals surface area contributed by atoms with E-state index in [1.807, 2.05) is 4.90 Å². The lowest BCUT2D eigenvalue weighted by Gasteiger charge is -2.15. The van der Waals surface area contributed by atoms with Gasteiger partial charge in [-0.2, -0.15) is 0 Å². The fraction of sp³-hybridized carbons (Fsp3) is 0.429. The summed E-state index contributed by atoms with van der Waals surface area (Å²) < 4.78 is 0. The Morgan fingerprint density at radius 1 is 1.17 bits per heavy atom. The molecule has 1 heterocycles. The van der Waals surface area contributed by atoms with Gasteiger partial charge in [-0.1, -0.05) is 6.92 Å². The Hall–Kier alpha value is -1.84. The summed E-state index contributed by atoms with van der Waals surface area (Å²) in [6, 6.07) is 7.09. The highest BCUT2D eigenvalue weighted by Crippen LogP contribution is 2.15. The minimum Gasteiger partial charge on any atom is -0.339 e. The van der Waals surface area contributed by atoms with Gasteiger partial charge in [-0.15, -0.1) is 0 Å². The highest BCUT2D eigenvalue weighted by molar-refractivity contribution is 5.95. The second-order valence-electron chi connectivity index (χ2n) is 4.48. The SMILES string of the molecule is CCC(=O)Nc1ccc(C(=O)N2CCCC2)cc1. The van der Waals surface area contributed by atoms with Gasteiger partial charge in [0.05, 0.1) is 0 Å². The first-order valence-electron chi connectivity index (χ1n) is 6.40. The molecule has 0 spiro atoms. The molecule has 1 saturated heterocycles. The number of hydrogen-bond acceptors (Lipinski definition) is 2. The van der Waals surface area contributed by atoms with Crippen LogP contribution < -0.4 is 5.32 Å². The summed E-state index contributed by atoms with van der Waals surface area (Å²) in [5, 5.41) is 2.76. The van der Waals surface area contributed by atoms with Crippen LogP contribution in [0.1, 0.15) is 36.5 Å². The number of carbonyl (C=O) groups excluding carboxylic acids is 2. The van der Waals surface area contributed by atoms with Crippen molar-refractivity contribution in [3.8, 4) is 0 Å². The first-order valence-corrected chi connectivity index (χ1v) is 6.40. The first kappa shape index (κ1) is 12.6. The highest BCUT2D eigenvalue weighted by atomic mass is 16.2. The largest absolute Gasteiger partial charge is 0.339 e. The van der Waals surface area contributed by atoms with E-state index in [1.54, 1.807) is 31.2 Å². The van der Waals surface area contributed by atoms with Gasteiger partial charge in [0.25, 0.3) is 5.91 Å². The quantitative estimate of drug-likeness (QED) is 0.889. The number of likely N-dealkylation sites (tertiary alicyclic amines) is 1. The van der Waals surface area contributed by atoms with Gasteiger partial charge in [-0.25, -0.2) is 0 Å². The van der Waals surface area contributed by atoms with E-state index in [0.717, 1.165) is 31.6 Å². The third-order valence-electron chi connectivity index (χ3n) is 3.13. The van der Waals surface area contributed by atoms with E-state index in [2.05, 4.69) is 5.32 Å². The molecule has 18 heavy (non-hydrogen) atoms. The molecule has 4 heteroatoms. The van der Waals surface area contributed by atoms with Crippen molar-refractivity contribution < 1.29 is 9.59 Å². The molecule has 1 aliphatic rings. The van der Waals surface area contributed by atoms with Crippen molar-refractivity contribution in [3.05, 3.63) is 29.8 Å². The standard InChI is InChI=1S/C14H18N2O2/c1-2-13(17)15-12-7-5-11(6-8-12)14(18)16-9-3-4-10-16/h5-8H,2-4,9-10H2,1H3,(H,15,17). The molecule has 0 radical (unpaired) electrons. The van der Waals surface area contributed by atoms with Gasteiger partial charge < -0.3 is 10.2 Å². The Bertz CT molecular complexity index is 434. The van der Waals surface area contributed by atoms with Crippen molar-refractivity contribution >= 4 is 17.5 Å². The molecular weight excluding hydrogens is 228 g/mol. The maximum atomic E-state index is 12.1. The van der Waals surface area contributed by atoms with E-state index in [4.69, 9.17) is 0 Å². The minimum atomic E-state index is -0.0198. The van der Waals surface area contributed by atoms with E-state index >= 15 is 0 Å². The molecule has 0 saturated carbocycles. The van der Waals surface area contributed by atoms with Gasteiger partial charge in [0, 0.05) is 30.8 Å². The third-order valence-corrected chi connectivity index (χ3v) is 3.13. The number of hydrogen-bond donors (Lipinski definition) is 1. The molecule has 1 aromatic carbocycles. The van der Waals surface area contributed by atoms with Crippen LogP contribution in [-0.2, 0) is 4.79 Å². The van der Waals surface area contributed by atoms with Crippen molar-refractivity contribution in [2.45, 2.75) is 26.2 Å². The van der Waals surface area contributed by atoms with Crippen LogP contribution in [0.2, 0.25) is 0 Å². The van der Waals surface area contributed by atoms with Gasteiger partial charge in [0.1, 0.15) is 0 Å². The molecular formula is C14H18N2O2. The van der Waals surface area contributed by atoms with Gasteiger partial charge in [-0.05, 0) is 37.1 Å². The van der Waals surface area contributed by atoms with Crippen molar-refractivity contribution in [2.75, 3.05) is 18.4 Å². The van der Waals surface area contributed by atoms with Crippen LogP contribution in [0.4, 0.5) is 5.69 Å². The highest BCUT2D eigenvalue weighted by Gasteiger charge is 2.19. The number of nitrogens with zero attached hydrogens (tertiary/aromatic N) is 1. The van der Waals surface area contributed by atoms with Crippen LogP contribution in [-0.4, -0.2) is 29.8 Å². The van der Waals surface area contributed by atoms with Crippen LogP contribution in [0.3, 0.4) is 0 Å². The molecule has 0 atom stereocenters. The Morgan fingerprint density at radius 2 is 1.78 bits per heavy atom. The summed E-state index contributed by atoms with van der Waals surface area (Å²) in [6.45, 7) is 3.51. The van der Waals surface area contributed by atoms with Crippen LogP contribution in [0, 0.1) is 0 Å². The predicted molar refractivity (Wildman–Crippen MR) is 70.5 cm³/mol. The summed E-state index contributed by atoms with van der Waals surface area (Å²) in [5.74, 6) is 0.0643. The zero-order valence-electron chi connectivity index (χ0n) is 10.6. The molecule has 2 rings (SSSR count). The van der Waals surface area contributed by atoms with Crippen molar-refractivity contribution in [1.82, 2.24) is 4.90 Å². The Labute approximate surface area is 107 Å². The molecule has 0 aliphatic carbocycles. The average Bonchev–Trinajstić information content (AvgIpc) is 2.92. The van der Waals surface area contributed by atoms with Crippen LogP contribution in [0.15, 0.2) is 24.3 Å². The maximum absolute atomic E-state index is 12.1. The van der Waals surface area contributed by atoms with E-state index in [0.29, 0.717) is 12.0 Å². The summed E-state index contributed by atoms with van der Waals surface area (Å²) in [6.07, 6.45) is 2.64. The molecule has 1 N–H and O–H groups in total. The van der Waals surface area contributed by atoms with Gasteiger partial charge >= 0.3 is 0 Å². The number of rotatable bonds is 3. The number of benzene rings is 1. The summed E-state index contributed by atoms with van der Waals surface area (Å²) in [4.78, 5) is 25.2. The van der Waals surface area contributed by atoms with E-state index in [1.165, 1.54) is 0 Å². The number of amides is 2. The zero-order chi connectivity index (χ0) is 13.0. The predicted octanol–water partition coefficient (Wildman–Crippen LogP) is 2.27. The lowest BCUT2D eigenvalue weighted by molar-refractivity contribution is -0.115. The molecule has 1 aliphatic heterocycles. The number of anilines is 1. The topological polar surface area (TPSA) is 49.4 Å². The summed E-state index contributed by atoms with van der Waals surface area (Å²) in [5.41, 5.74) is 1.42. The lowest BCUT2D eigenvalue weighted by atomic mass is 10.2. The van der Waals surface area contributed by atoms with Crippen LogP contribution in [0.5, 0.6) is 0 Å². The second-order valence-corrected chi connectivity index (χ2v) is 4.48. The molecule has 96 valence electrons. The Morgan fingerprint density at radius 3 is 2.33 bits per heavy atom. The molecule has 4 nitrogen and oxygen atoms in total. The first-order chi connectivity index (χ1) is 8.70. The molecule has 1 fully saturated rings. The number of nitrogens with one attached hydrogen (secondary N) is 1. The summed E-state index contributed by atoms with van der Waals surface area (Å²) >= 11 is 0. The molecule has 1 aromatic rings. The van der Waals surface area contributed by atoms with Gasteiger partial charge in [-0.3, -0.25) is 9.59 Å². The van der Waals surface area contributed by atoms with E-state index < -0.39 is 0 Å². The van der Waals surface area contributed by atoms with Crippen molar-refractivity contribution in [3.63, 3.8) is 0 Å². The third kappa shape index (κ3) is 2.88. The normalized spacial score (nSPS) is 14.6. The fourth-order valence-corrected chi connectivity index (χ4v) is 2.05. The Kier molecular flexibility index (Phi) is 3.97. The fourth-order valence-electron chi connectivity index (χ4n) is 2.05. The van der Waals surface area contributed by atoms with Crippen molar-refractivity contribution in [2.24, 2.45) is 0 Å². The summed E-state index contributed by atoms with van der Waals surface area (Å²) in [7, 11) is 0. The molecule has 0 aromatic heterocycles. The minimum absolute atomic E-state index is 0.0198. The molecule has 0 unspecified atom stereocenters. The van der Waals surface area contributed by atoms with E-state index in [9.17, 15) is 9.59 Å². The Balaban J connectivity index is 2.02. The van der Waals surface area contributed by atoms with Crippen LogP contribution in [0.25, 0.3) is 0 Å². The van der Waals surface area contributed by atoms with E-state index in [-0.39, 0.29) is 11.8 Å². The smallest absolute Gasteiger partial charge is 0.253 e. The average molecular weight is 246 g/mol. The molecule has 2 amide bonds. The zero-order valence-corrected chi connectivity index (χ0v) is 10.6. The van der Waals surface area contributed by atoms with Gasteiger partial charge in [0.2, 0.25) is 5.91 Å². The van der Waals surface area contributed by atoms with Crippen molar-refractivity contribution in [1.29, 1.82) is 0 Å². The second kappa shape index (κ2) is 5.67.